The Morgan fingerprint density at radius 3 is 2.24 bits per heavy atom. The van der Waals surface area contributed by atoms with Crippen molar-refractivity contribution in [3.8, 4) is 6.01 Å². The van der Waals surface area contributed by atoms with Gasteiger partial charge in [-0.25, -0.2) is 8.42 Å². The number of carbonyl (C=O) groups is 1. The van der Waals surface area contributed by atoms with E-state index in [1.807, 2.05) is 0 Å². The summed E-state index contributed by atoms with van der Waals surface area (Å²) >= 11 is 0. The first-order valence-corrected chi connectivity index (χ1v) is 8.54. The van der Waals surface area contributed by atoms with Crippen LogP contribution in [0.5, 0.6) is 6.01 Å². The molecule has 1 N–H and O–H groups in total. The van der Waals surface area contributed by atoms with Crippen LogP contribution in [-0.4, -0.2) is 37.2 Å². The largest absolute Gasteiger partial charge is 0.467 e. The SMILES string of the molecule is COc1nc(C)c(NC(=O)c2ccccc2S(=O)(=O)C(F)F)c(C)n1. The molecule has 0 spiro atoms. The number of carbonyl (C=O) groups excluding carboxylic acids is 1. The van der Waals surface area contributed by atoms with Crippen LogP contribution in [0.1, 0.15) is 21.7 Å². The lowest BCUT2D eigenvalue weighted by Gasteiger charge is -2.13. The second kappa shape index (κ2) is 7.09. The number of amides is 1. The Hall–Kier alpha value is -2.62. The molecule has 1 heterocycles. The third-order valence-electron chi connectivity index (χ3n) is 3.34. The van der Waals surface area contributed by atoms with E-state index in [2.05, 4.69) is 15.3 Å². The number of alkyl halides is 2. The third-order valence-corrected chi connectivity index (χ3v) is 4.78. The first-order chi connectivity index (χ1) is 11.7. The lowest BCUT2D eigenvalue weighted by molar-refractivity contribution is 0.102. The number of methoxy groups -OCH3 is 1. The molecule has 0 fully saturated rings. The lowest BCUT2D eigenvalue weighted by atomic mass is 10.2. The number of aromatic nitrogens is 2. The van der Waals surface area contributed by atoms with E-state index < -0.39 is 32.0 Å². The van der Waals surface area contributed by atoms with Crippen molar-refractivity contribution in [1.29, 1.82) is 0 Å². The van der Waals surface area contributed by atoms with E-state index in [1.54, 1.807) is 13.8 Å². The quantitative estimate of drug-likeness (QED) is 0.866. The summed E-state index contributed by atoms with van der Waals surface area (Å²) in [5.41, 5.74) is 0.617. The monoisotopic (exact) mass is 371 g/mol. The van der Waals surface area contributed by atoms with Gasteiger partial charge in [-0.05, 0) is 26.0 Å². The van der Waals surface area contributed by atoms with E-state index in [9.17, 15) is 22.0 Å². The van der Waals surface area contributed by atoms with E-state index in [1.165, 1.54) is 19.2 Å². The number of aryl methyl sites for hydroxylation is 2. The predicted molar refractivity (Wildman–Crippen MR) is 85.6 cm³/mol. The van der Waals surface area contributed by atoms with E-state index in [0.717, 1.165) is 12.1 Å². The molecule has 0 bridgehead atoms. The minimum absolute atomic E-state index is 0.105. The second-order valence-electron chi connectivity index (χ2n) is 5.01. The Labute approximate surface area is 143 Å². The molecule has 7 nitrogen and oxygen atoms in total. The minimum atomic E-state index is -4.92. The van der Waals surface area contributed by atoms with Gasteiger partial charge in [-0.1, -0.05) is 12.1 Å². The molecule has 1 amide bonds. The zero-order valence-electron chi connectivity index (χ0n) is 13.6. The molecule has 0 aliphatic rings. The highest BCUT2D eigenvalue weighted by molar-refractivity contribution is 7.91. The van der Waals surface area contributed by atoms with Crippen molar-refractivity contribution in [1.82, 2.24) is 9.97 Å². The van der Waals surface area contributed by atoms with Gasteiger partial charge in [-0.15, -0.1) is 0 Å². The van der Waals surface area contributed by atoms with E-state index in [4.69, 9.17) is 4.74 Å². The normalized spacial score (nSPS) is 11.4. The molecule has 0 atom stereocenters. The van der Waals surface area contributed by atoms with Gasteiger partial charge in [-0.2, -0.15) is 18.7 Å². The third kappa shape index (κ3) is 3.73. The minimum Gasteiger partial charge on any atom is -0.467 e. The van der Waals surface area contributed by atoms with Crippen molar-refractivity contribution in [3.63, 3.8) is 0 Å². The van der Waals surface area contributed by atoms with E-state index in [0.29, 0.717) is 11.4 Å². The molecule has 2 rings (SSSR count). The molecular weight excluding hydrogens is 356 g/mol. The topological polar surface area (TPSA) is 98.2 Å². The van der Waals surface area contributed by atoms with Crippen LogP contribution in [0.15, 0.2) is 29.2 Å². The second-order valence-corrected chi connectivity index (χ2v) is 6.90. The predicted octanol–water partition coefficient (Wildman–Crippen LogP) is 2.35. The maximum absolute atomic E-state index is 12.8. The molecule has 0 saturated carbocycles. The fraction of sp³-hybridized carbons (Fsp3) is 0.267. The number of benzene rings is 1. The van der Waals surface area contributed by atoms with Crippen LogP contribution in [0.25, 0.3) is 0 Å². The highest BCUT2D eigenvalue weighted by atomic mass is 32.2. The van der Waals surface area contributed by atoms with Gasteiger partial charge >= 0.3 is 11.8 Å². The fourth-order valence-corrected chi connectivity index (χ4v) is 3.06. The number of hydrogen-bond donors (Lipinski definition) is 1. The first-order valence-electron chi connectivity index (χ1n) is 7.00. The summed E-state index contributed by atoms with van der Waals surface area (Å²) in [7, 11) is -3.53. The fourth-order valence-electron chi connectivity index (χ4n) is 2.14. The lowest BCUT2D eigenvalue weighted by Crippen LogP contribution is -2.21. The van der Waals surface area contributed by atoms with Crippen molar-refractivity contribution in [2.45, 2.75) is 24.5 Å². The number of halogens is 2. The number of ether oxygens (including phenoxy) is 1. The number of rotatable bonds is 5. The van der Waals surface area contributed by atoms with Crippen molar-refractivity contribution in [3.05, 3.63) is 41.2 Å². The van der Waals surface area contributed by atoms with Crippen LogP contribution in [0.3, 0.4) is 0 Å². The number of sulfone groups is 1. The summed E-state index contributed by atoms with van der Waals surface area (Å²) in [5.74, 6) is -4.49. The van der Waals surface area contributed by atoms with Gasteiger partial charge in [-0.3, -0.25) is 4.79 Å². The van der Waals surface area contributed by atoms with Crippen LogP contribution >= 0.6 is 0 Å². The number of nitrogens with one attached hydrogen (secondary N) is 1. The summed E-state index contributed by atoms with van der Waals surface area (Å²) in [6.07, 6.45) is 0. The van der Waals surface area contributed by atoms with Gasteiger partial charge in [0.15, 0.2) is 0 Å². The Morgan fingerprint density at radius 2 is 1.72 bits per heavy atom. The summed E-state index contributed by atoms with van der Waals surface area (Å²) < 4.78 is 54.1. The van der Waals surface area contributed by atoms with E-state index in [-0.39, 0.29) is 11.7 Å². The summed E-state index contributed by atoms with van der Waals surface area (Å²) in [6.45, 7) is 3.18. The molecular formula is C15H15F2N3O4S. The highest BCUT2D eigenvalue weighted by Crippen LogP contribution is 2.25. The Balaban J connectivity index is 2.45. The van der Waals surface area contributed by atoms with Crippen LogP contribution < -0.4 is 10.1 Å². The van der Waals surface area contributed by atoms with Gasteiger partial charge in [0.05, 0.1) is 34.6 Å². The molecule has 10 heteroatoms. The van der Waals surface area contributed by atoms with Crippen molar-refractivity contribution < 1.29 is 26.7 Å². The average molecular weight is 371 g/mol. The maximum atomic E-state index is 12.8. The summed E-state index contributed by atoms with van der Waals surface area (Å²) in [5, 5.41) is 2.47. The molecule has 0 aliphatic carbocycles. The van der Waals surface area contributed by atoms with Gasteiger partial charge in [0.1, 0.15) is 0 Å². The molecule has 1 aromatic carbocycles. The van der Waals surface area contributed by atoms with Crippen LogP contribution in [0.2, 0.25) is 0 Å². The molecule has 0 saturated heterocycles. The van der Waals surface area contributed by atoms with E-state index >= 15 is 0 Å². The zero-order chi connectivity index (χ0) is 18.8. The van der Waals surface area contributed by atoms with Crippen molar-refractivity contribution in [2.75, 3.05) is 12.4 Å². The molecule has 25 heavy (non-hydrogen) atoms. The summed E-state index contributed by atoms with van der Waals surface area (Å²) in [4.78, 5) is 19.7. The molecule has 2 aromatic rings. The van der Waals surface area contributed by atoms with Crippen molar-refractivity contribution >= 4 is 21.4 Å². The number of hydrogen-bond acceptors (Lipinski definition) is 6. The Bertz CT molecular complexity index is 894. The molecule has 1 aromatic heterocycles. The summed E-state index contributed by atoms with van der Waals surface area (Å²) in [6, 6.07) is 4.86. The molecule has 0 aliphatic heterocycles. The smallest absolute Gasteiger partial charge is 0.341 e. The van der Waals surface area contributed by atoms with Gasteiger partial charge in [0, 0.05) is 0 Å². The standard InChI is InChI=1S/C15H15F2N3O4S/c1-8-12(9(2)19-15(18-8)24-3)20-13(21)10-6-4-5-7-11(10)25(22,23)14(16)17/h4-7,14H,1-3H3,(H,20,21). The van der Waals surface area contributed by atoms with Gasteiger partial charge in [0.2, 0.25) is 9.84 Å². The van der Waals surface area contributed by atoms with Gasteiger partial charge < -0.3 is 10.1 Å². The van der Waals surface area contributed by atoms with Crippen LogP contribution in [0.4, 0.5) is 14.5 Å². The molecule has 134 valence electrons. The first kappa shape index (κ1) is 18.7. The number of nitrogens with zero attached hydrogens (tertiary/aromatic N) is 2. The van der Waals surface area contributed by atoms with Crippen molar-refractivity contribution in [2.24, 2.45) is 0 Å². The van der Waals surface area contributed by atoms with Crippen LogP contribution in [-0.2, 0) is 9.84 Å². The molecule has 0 unspecified atom stereocenters. The Kier molecular flexibility index (Phi) is 5.31. The highest BCUT2D eigenvalue weighted by Gasteiger charge is 2.31. The number of anilines is 1. The van der Waals surface area contributed by atoms with Crippen LogP contribution in [0, 0.1) is 13.8 Å². The zero-order valence-corrected chi connectivity index (χ0v) is 14.4. The Morgan fingerprint density at radius 1 is 1.16 bits per heavy atom. The average Bonchev–Trinajstić information content (AvgIpc) is 2.57. The molecule has 0 radical (unpaired) electrons. The maximum Gasteiger partial charge on any atom is 0.341 e. The van der Waals surface area contributed by atoms with Gasteiger partial charge in [0.25, 0.3) is 5.91 Å².